The Morgan fingerprint density at radius 2 is 1.12 bits per heavy atom. The van der Waals surface area contributed by atoms with Gasteiger partial charge in [-0.2, -0.15) is 0 Å². The summed E-state index contributed by atoms with van der Waals surface area (Å²) in [7, 11) is 0. The highest BCUT2D eigenvalue weighted by Gasteiger charge is 2.39. The largest absolute Gasteiger partial charge is 0.377 e. The van der Waals surface area contributed by atoms with Crippen molar-refractivity contribution in [2.24, 2.45) is 47.3 Å². The van der Waals surface area contributed by atoms with Crippen molar-refractivity contribution in [3.8, 4) is 0 Å². The van der Waals surface area contributed by atoms with Crippen LogP contribution in [0.15, 0.2) is 24.3 Å². The maximum Gasteiger partial charge on any atom is 0.0647 e. The Kier molecular flexibility index (Phi) is 11.1. The lowest BCUT2D eigenvalue weighted by Gasteiger charge is -2.46. The molecule has 0 radical (unpaired) electrons. The topological polar surface area (TPSA) is 9.23 Å². The van der Waals surface area contributed by atoms with Gasteiger partial charge in [0.05, 0.1) is 6.61 Å². The van der Waals surface area contributed by atoms with E-state index < -0.39 is 0 Å². The lowest BCUT2D eigenvalue weighted by molar-refractivity contribution is 0.0270. The van der Waals surface area contributed by atoms with Crippen LogP contribution < -0.4 is 0 Å². The van der Waals surface area contributed by atoms with Crippen molar-refractivity contribution in [1.29, 1.82) is 0 Å². The van der Waals surface area contributed by atoms with Crippen LogP contribution in [0.3, 0.4) is 0 Å². The van der Waals surface area contributed by atoms with Crippen LogP contribution in [0.1, 0.15) is 123 Å². The molecule has 4 fully saturated rings. The van der Waals surface area contributed by atoms with Crippen molar-refractivity contribution in [2.75, 3.05) is 13.2 Å². The predicted octanol–water partition coefficient (Wildman–Crippen LogP) is 9.77. The van der Waals surface area contributed by atoms with Gasteiger partial charge in [-0.3, -0.25) is 0 Å². The van der Waals surface area contributed by atoms with Gasteiger partial charge in [0.25, 0.3) is 0 Å². The first-order valence-electron chi connectivity index (χ1n) is 15.6. The zero-order valence-corrected chi connectivity index (χ0v) is 22.8. The van der Waals surface area contributed by atoms with Gasteiger partial charge in [0.1, 0.15) is 0 Å². The average Bonchev–Trinajstić information content (AvgIpc) is 2.89. The Morgan fingerprint density at radius 1 is 0.588 bits per heavy atom. The van der Waals surface area contributed by atoms with Gasteiger partial charge in [-0.25, -0.2) is 0 Å². The quantitative estimate of drug-likeness (QED) is 0.229. The molecule has 0 heterocycles. The molecule has 194 valence electrons. The molecule has 1 nitrogen and oxygen atoms in total. The fourth-order valence-corrected chi connectivity index (χ4v) is 8.67. The van der Waals surface area contributed by atoms with Gasteiger partial charge in [0.2, 0.25) is 0 Å². The third-order valence-corrected chi connectivity index (χ3v) is 10.8. The molecule has 0 saturated heterocycles. The smallest absolute Gasteiger partial charge is 0.0647 e. The Bertz CT molecular complexity index is 604. The SMILES string of the molecule is C/C=C/CCC1CCC(C2CCC(C3CCC4CC(COC/C=C\CC)CCC4C3)CC2)CC1. The number of allylic oxidation sites excluding steroid dienone is 3. The van der Waals surface area contributed by atoms with E-state index in [1.54, 1.807) is 51.4 Å². The zero-order chi connectivity index (χ0) is 23.6. The predicted molar refractivity (Wildman–Crippen MR) is 147 cm³/mol. The normalized spacial score (nSPS) is 39.5. The van der Waals surface area contributed by atoms with Crippen molar-refractivity contribution in [3.05, 3.63) is 24.3 Å². The number of ether oxygens (including phenoxy) is 1. The van der Waals surface area contributed by atoms with E-state index in [0.717, 1.165) is 67.0 Å². The maximum atomic E-state index is 5.97. The molecule has 1 heteroatoms. The molecule has 4 saturated carbocycles. The van der Waals surface area contributed by atoms with E-state index in [1.165, 1.54) is 51.4 Å². The summed E-state index contributed by atoms with van der Waals surface area (Å²) >= 11 is 0. The molecule has 0 N–H and O–H groups in total. The van der Waals surface area contributed by atoms with Crippen molar-refractivity contribution >= 4 is 0 Å². The van der Waals surface area contributed by atoms with Crippen LogP contribution in [0.4, 0.5) is 0 Å². The molecule has 0 spiro atoms. The van der Waals surface area contributed by atoms with Crippen molar-refractivity contribution in [2.45, 2.75) is 123 Å². The van der Waals surface area contributed by atoms with Gasteiger partial charge in [-0.1, -0.05) is 44.1 Å². The van der Waals surface area contributed by atoms with E-state index in [4.69, 9.17) is 4.74 Å². The summed E-state index contributed by atoms with van der Waals surface area (Å²) in [6.07, 6.45) is 34.3. The molecule has 0 amide bonds. The summed E-state index contributed by atoms with van der Waals surface area (Å²) in [5.41, 5.74) is 0. The minimum atomic E-state index is 0.821. The molecule has 4 atom stereocenters. The number of rotatable bonds is 10. The van der Waals surface area contributed by atoms with E-state index in [1.807, 2.05) is 0 Å². The molecular weight excluding hydrogens is 412 g/mol. The lowest BCUT2D eigenvalue weighted by atomic mass is 9.60. The maximum absolute atomic E-state index is 5.97. The van der Waals surface area contributed by atoms with Gasteiger partial charge in [-0.15, -0.1) is 0 Å². The summed E-state index contributed by atoms with van der Waals surface area (Å²) in [6, 6.07) is 0. The first-order valence-corrected chi connectivity index (χ1v) is 15.6. The van der Waals surface area contributed by atoms with Gasteiger partial charge in [-0.05, 0) is 151 Å². The molecule has 34 heavy (non-hydrogen) atoms. The Morgan fingerprint density at radius 3 is 1.79 bits per heavy atom. The third kappa shape index (κ3) is 7.72. The van der Waals surface area contributed by atoms with E-state index in [2.05, 4.69) is 38.2 Å². The van der Waals surface area contributed by atoms with Gasteiger partial charge < -0.3 is 4.74 Å². The fourth-order valence-electron chi connectivity index (χ4n) is 8.67. The molecular formula is C33H56O. The van der Waals surface area contributed by atoms with Crippen molar-refractivity contribution in [3.63, 3.8) is 0 Å². The third-order valence-electron chi connectivity index (χ3n) is 10.8. The summed E-state index contributed by atoms with van der Waals surface area (Å²) in [6.45, 7) is 6.18. The first kappa shape index (κ1) is 26.5. The molecule has 4 rings (SSSR count). The molecule has 4 aliphatic carbocycles. The monoisotopic (exact) mass is 468 g/mol. The molecule has 0 aromatic heterocycles. The molecule has 4 aliphatic rings. The second-order valence-electron chi connectivity index (χ2n) is 12.8. The number of hydrogen-bond acceptors (Lipinski definition) is 1. The second-order valence-corrected chi connectivity index (χ2v) is 12.8. The van der Waals surface area contributed by atoms with Crippen LogP contribution in [-0.4, -0.2) is 13.2 Å². The second kappa shape index (κ2) is 14.2. The Hall–Kier alpha value is -0.560. The van der Waals surface area contributed by atoms with E-state index >= 15 is 0 Å². The Balaban J connectivity index is 1.12. The van der Waals surface area contributed by atoms with Crippen LogP contribution in [0.5, 0.6) is 0 Å². The van der Waals surface area contributed by atoms with Crippen LogP contribution in [0.2, 0.25) is 0 Å². The van der Waals surface area contributed by atoms with Gasteiger partial charge in [0, 0.05) is 6.61 Å². The van der Waals surface area contributed by atoms with Gasteiger partial charge >= 0.3 is 0 Å². The van der Waals surface area contributed by atoms with Crippen molar-refractivity contribution < 1.29 is 4.74 Å². The molecule has 0 aromatic rings. The van der Waals surface area contributed by atoms with Crippen LogP contribution >= 0.6 is 0 Å². The molecule has 4 unspecified atom stereocenters. The minimum Gasteiger partial charge on any atom is -0.377 e. The fraction of sp³-hybridized carbons (Fsp3) is 0.879. The van der Waals surface area contributed by atoms with E-state index in [9.17, 15) is 0 Å². The Labute approximate surface area is 212 Å². The number of hydrogen-bond donors (Lipinski definition) is 0. The highest BCUT2D eigenvalue weighted by molar-refractivity contribution is 4.91. The highest BCUT2D eigenvalue weighted by Crippen LogP contribution is 2.50. The number of fused-ring (bicyclic) bond motifs is 1. The summed E-state index contributed by atoms with van der Waals surface area (Å²) in [5, 5.41) is 0. The summed E-state index contributed by atoms with van der Waals surface area (Å²) in [4.78, 5) is 0. The average molecular weight is 469 g/mol. The minimum absolute atomic E-state index is 0.821. The van der Waals surface area contributed by atoms with Crippen LogP contribution in [-0.2, 0) is 4.74 Å². The van der Waals surface area contributed by atoms with Gasteiger partial charge in [0.15, 0.2) is 0 Å². The summed E-state index contributed by atoms with van der Waals surface area (Å²) in [5.74, 6) is 8.21. The zero-order valence-electron chi connectivity index (χ0n) is 22.8. The molecule has 0 aromatic carbocycles. The summed E-state index contributed by atoms with van der Waals surface area (Å²) < 4.78 is 5.97. The molecule has 0 aliphatic heterocycles. The van der Waals surface area contributed by atoms with E-state index in [0.29, 0.717) is 0 Å². The standard InChI is InChI=1S/C33H56O/c1-3-5-7-9-26-10-13-28(14-11-26)29-16-18-30(19-17-29)32-21-20-31-23-27(12-15-33(31)24-32)25-34-22-8-6-4-2/h3,5-6,8,26-33H,4,7,9-25H2,1-2H3/b5-3+,8-6-. The van der Waals surface area contributed by atoms with Crippen LogP contribution in [0.25, 0.3) is 0 Å². The first-order chi connectivity index (χ1) is 16.8. The lowest BCUT2D eigenvalue weighted by Crippen LogP contribution is -2.36. The van der Waals surface area contributed by atoms with E-state index in [-0.39, 0.29) is 0 Å². The van der Waals surface area contributed by atoms with Crippen molar-refractivity contribution in [1.82, 2.24) is 0 Å². The van der Waals surface area contributed by atoms with Crippen LogP contribution in [0, 0.1) is 47.3 Å². The highest BCUT2D eigenvalue weighted by atomic mass is 16.5. The molecule has 0 bridgehead atoms.